The third kappa shape index (κ3) is 3.05. The van der Waals surface area contributed by atoms with E-state index in [0.717, 1.165) is 5.75 Å². The zero-order valence-electron chi connectivity index (χ0n) is 13.0. The fourth-order valence-electron chi connectivity index (χ4n) is 3.04. The van der Waals surface area contributed by atoms with Gasteiger partial charge in [-0.2, -0.15) is 0 Å². The van der Waals surface area contributed by atoms with Crippen molar-refractivity contribution in [2.24, 2.45) is 0 Å². The molecule has 1 N–H and O–H groups in total. The molecule has 110 valence electrons. The molecular weight excluding hydrogens is 258 g/mol. The van der Waals surface area contributed by atoms with Crippen LogP contribution >= 0.6 is 0 Å². The normalized spacial score (nSPS) is 16.9. The first-order valence-electron chi connectivity index (χ1n) is 7.75. The second-order valence-corrected chi connectivity index (χ2v) is 6.08. The molecule has 0 spiro atoms. The van der Waals surface area contributed by atoms with Crippen LogP contribution in [0, 0.1) is 6.92 Å². The molecule has 2 heteroatoms. The Morgan fingerprint density at radius 2 is 1.95 bits per heavy atom. The van der Waals surface area contributed by atoms with Gasteiger partial charge in [0.2, 0.25) is 0 Å². The SMILES string of the molecule is Cc1cc(OC(C)C)ccc1NC1CCc2ccccc21. The van der Waals surface area contributed by atoms with E-state index < -0.39 is 0 Å². The van der Waals surface area contributed by atoms with Crippen LogP contribution in [0.5, 0.6) is 5.75 Å². The van der Waals surface area contributed by atoms with Gasteiger partial charge in [0.15, 0.2) is 0 Å². The van der Waals surface area contributed by atoms with Gasteiger partial charge in [0.1, 0.15) is 5.75 Å². The Kier molecular flexibility index (Phi) is 3.87. The summed E-state index contributed by atoms with van der Waals surface area (Å²) in [4.78, 5) is 0. The molecule has 0 amide bonds. The van der Waals surface area contributed by atoms with E-state index in [1.165, 1.54) is 35.2 Å². The van der Waals surface area contributed by atoms with Crippen molar-refractivity contribution in [2.45, 2.75) is 45.8 Å². The summed E-state index contributed by atoms with van der Waals surface area (Å²) in [6.07, 6.45) is 2.55. The van der Waals surface area contributed by atoms with Crippen LogP contribution in [0.2, 0.25) is 0 Å². The van der Waals surface area contributed by atoms with Crippen molar-refractivity contribution in [3.63, 3.8) is 0 Å². The van der Waals surface area contributed by atoms with Gasteiger partial charge in [-0.25, -0.2) is 0 Å². The van der Waals surface area contributed by atoms with Crippen LogP contribution in [0.15, 0.2) is 42.5 Å². The second kappa shape index (κ2) is 5.80. The van der Waals surface area contributed by atoms with Gasteiger partial charge in [-0.15, -0.1) is 0 Å². The topological polar surface area (TPSA) is 21.3 Å². The highest BCUT2D eigenvalue weighted by Gasteiger charge is 2.21. The molecule has 1 atom stereocenters. The van der Waals surface area contributed by atoms with Crippen LogP contribution in [0.25, 0.3) is 0 Å². The van der Waals surface area contributed by atoms with Crippen molar-refractivity contribution in [1.82, 2.24) is 0 Å². The average Bonchev–Trinajstić information content (AvgIpc) is 2.85. The summed E-state index contributed by atoms with van der Waals surface area (Å²) in [6, 6.07) is 15.5. The predicted molar refractivity (Wildman–Crippen MR) is 88.1 cm³/mol. The van der Waals surface area contributed by atoms with Gasteiger partial charge in [-0.1, -0.05) is 24.3 Å². The minimum atomic E-state index is 0.213. The molecule has 0 aromatic heterocycles. The Balaban J connectivity index is 1.77. The highest BCUT2D eigenvalue weighted by atomic mass is 16.5. The van der Waals surface area contributed by atoms with E-state index in [-0.39, 0.29) is 6.10 Å². The molecule has 1 unspecified atom stereocenters. The van der Waals surface area contributed by atoms with Crippen molar-refractivity contribution in [3.8, 4) is 5.75 Å². The largest absolute Gasteiger partial charge is 0.491 e. The van der Waals surface area contributed by atoms with Crippen LogP contribution in [-0.2, 0) is 6.42 Å². The molecule has 0 aliphatic heterocycles. The smallest absolute Gasteiger partial charge is 0.120 e. The van der Waals surface area contributed by atoms with Gasteiger partial charge < -0.3 is 10.1 Å². The third-order valence-corrected chi connectivity index (χ3v) is 4.03. The molecule has 0 bridgehead atoms. The van der Waals surface area contributed by atoms with Crippen LogP contribution in [0.4, 0.5) is 5.69 Å². The lowest BCUT2D eigenvalue weighted by Gasteiger charge is -2.18. The first-order chi connectivity index (χ1) is 10.1. The van der Waals surface area contributed by atoms with Gasteiger partial charge >= 0.3 is 0 Å². The van der Waals surface area contributed by atoms with E-state index in [1.54, 1.807) is 0 Å². The molecule has 2 aromatic carbocycles. The van der Waals surface area contributed by atoms with Gasteiger partial charge in [-0.3, -0.25) is 0 Å². The summed E-state index contributed by atoms with van der Waals surface area (Å²) >= 11 is 0. The van der Waals surface area contributed by atoms with Gasteiger partial charge in [0, 0.05) is 5.69 Å². The molecule has 1 aliphatic carbocycles. The lowest BCUT2D eigenvalue weighted by atomic mass is 10.1. The van der Waals surface area contributed by atoms with Crippen molar-refractivity contribution < 1.29 is 4.74 Å². The second-order valence-electron chi connectivity index (χ2n) is 6.08. The highest BCUT2D eigenvalue weighted by Crippen LogP contribution is 2.35. The molecular formula is C19H23NO. The van der Waals surface area contributed by atoms with E-state index in [2.05, 4.69) is 68.6 Å². The third-order valence-electron chi connectivity index (χ3n) is 4.03. The molecule has 0 radical (unpaired) electrons. The van der Waals surface area contributed by atoms with Gasteiger partial charge in [0.05, 0.1) is 12.1 Å². The van der Waals surface area contributed by atoms with E-state index >= 15 is 0 Å². The van der Waals surface area contributed by atoms with E-state index in [1.807, 2.05) is 0 Å². The van der Waals surface area contributed by atoms with Gasteiger partial charge in [-0.05, 0) is 68.5 Å². The van der Waals surface area contributed by atoms with Crippen LogP contribution in [0.1, 0.15) is 43.0 Å². The van der Waals surface area contributed by atoms with E-state index in [9.17, 15) is 0 Å². The maximum atomic E-state index is 5.75. The Bertz CT molecular complexity index is 633. The summed E-state index contributed by atoms with van der Waals surface area (Å²) in [5, 5.41) is 3.69. The summed E-state index contributed by atoms with van der Waals surface area (Å²) in [6.45, 7) is 6.24. The lowest BCUT2D eigenvalue weighted by molar-refractivity contribution is 0.242. The molecule has 0 saturated heterocycles. The fraction of sp³-hybridized carbons (Fsp3) is 0.368. The van der Waals surface area contributed by atoms with Crippen molar-refractivity contribution in [1.29, 1.82) is 0 Å². The van der Waals surface area contributed by atoms with Crippen LogP contribution in [0.3, 0.4) is 0 Å². The number of rotatable bonds is 4. The monoisotopic (exact) mass is 281 g/mol. The number of benzene rings is 2. The molecule has 0 saturated carbocycles. The predicted octanol–water partition coefficient (Wildman–Crippen LogP) is 4.88. The highest BCUT2D eigenvalue weighted by molar-refractivity contribution is 5.56. The Morgan fingerprint density at radius 1 is 1.14 bits per heavy atom. The molecule has 0 fully saturated rings. The number of hydrogen-bond donors (Lipinski definition) is 1. The van der Waals surface area contributed by atoms with E-state index in [0.29, 0.717) is 6.04 Å². The minimum absolute atomic E-state index is 0.213. The van der Waals surface area contributed by atoms with Crippen LogP contribution < -0.4 is 10.1 Å². The lowest BCUT2D eigenvalue weighted by Crippen LogP contribution is -2.09. The average molecular weight is 281 g/mol. The number of anilines is 1. The van der Waals surface area contributed by atoms with E-state index in [4.69, 9.17) is 4.74 Å². The Hall–Kier alpha value is -1.96. The fourth-order valence-corrected chi connectivity index (χ4v) is 3.04. The number of aryl methyl sites for hydroxylation is 2. The van der Waals surface area contributed by atoms with Crippen molar-refractivity contribution >= 4 is 5.69 Å². The van der Waals surface area contributed by atoms with Crippen molar-refractivity contribution in [3.05, 3.63) is 59.2 Å². The van der Waals surface area contributed by atoms with Crippen LogP contribution in [-0.4, -0.2) is 6.10 Å². The summed E-state index contributed by atoms with van der Waals surface area (Å²) in [5.74, 6) is 0.944. The number of fused-ring (bicyclic) bond motifs is 1. The maximum Gasteiger partial charge on any atom is 0.120 e. The standard InChI is InChI=1S/C19H23NO/c1-13(2)21-16-9-11-18(14(3)12-16)20-19-10-8-15-6-4-5-7-17(15)19/h4-7,9,11-13,19-20H,8,10H2,1-3H3. The number of hydrogen-bond acceptors (Lipinski definition) is 2. The van der Waals surface area contributed by atoms with Crippen molar-refractivity contribution in [2.75, 3.05) is 5.32 Å². The molecule has 2 aromatic rings. The summed E-state index contributed by atoms with van der Waals surface area (Å²) in [7, 11) is 0. The van der Waals surface area contributed by atoms with Gasteiger partial charge in [0.25, 0.3) is 0 Å². The molecule has 2 nitrogen and oxygen atoms in total. The quantitative estimate of drug-likeness (QED) is 0.862. The molecule has 21 heavy (non-hydrogen) atoms. The zero-order valence-corrected chi connectivity index (χ0v) is 13.0. The minimum Gasteiger partial charge on any atom is -0.491 e. The molecule has 0 heterocycles. The number of nitrogens with one attached hydrogen (secondary N) is 1. The summed E-state index contributed by atoms with van der Waals surface area (Å²) < 4.78 is 5.75. The molecule has 1 aliphatic rings. The Morgan fingerprint density at radius 3 is 2.71 bits per heavy atom. The first kappa shape index (κ1) is 14.0. The Labute approximate surface area is 127 Å². The summed E-state index contributed by atoms with van der Waals surface area (Å²) in [5.41, 5.74) is 5.36. The zero-order chi connectivity index (χ0) is 14.8. The first-order valence-corrected chi connectivity index (χ1v) is 7.75. The maximum absolute atomic E-state index is 5.75. The number of ether oxygens (including phenoxy) is 1. The molecule has 3 rings (SSSR count).